The highest BCUT2D eigenvalue weighted by molar-refractivity contribution is 6.31. The number of pyridine rings is 1. The van der Waals surface area contributed by atoms with Gasteiger partial charge in [-0.1, -0.05) is 11.6 Å². The number of alkyl halides is 3. The molecule has 4 N–H and O–H groups in total. The fourth-order valence-electron chi connectivity index (χ4n) is 2.91. The molecule has 178 valence electrons. The number of nitrogens with zero attached hydrogens (tertiary/aromatic N) is 1. The van der Waals surface area contributed by atoms with Gasteiger partial charge in [0.1, 0.15) is 17.3 Å². The largest absolute Gasteiger partial charge is 0.618 e. The number of carbonyl (C=O) groups excluding carboxylic acids is 2. The van der Waals surface area contributed by atoms with Gasteiger partial charge in [0.15, 0.2) is 6.20 Å². The van der Waals surface area contributed by atoms with Crippen molar-refractivity contribution in [2.75, 3.05) is 10.6 Å². The topological polar surface area (TPSA) is 120 Å². The second kappa shape index (κ2) is 9.43. The Labute approximate surface area is 194 Å². The molecule has 0 fully saturated rings. The third-order valence-corrected chi connectivity index (χ3v) is 4.82. The lowest BCUT2D eigenvalue weighted by atomic mass is 10.2. The van der Waals surface area contributed by atoms with Crippen molar-refractivity contribution < 1.29 is 36.6 Å². The van der Waals surface area contributed by atoms with Gasteiger partial charge in [-0.3, -0.25) is 4.79 Å². The molecule has 0 aliphatic carbocycles. The number of nitrogens with two attached hydrogens (primary N) is 1. The SMILES string of the molecule is Cc1c(Oc2ccc(NC(=O)Nc3ccc(Cl)c(C(F)(F)F)c3)c(F)c2)cc[n+]([O-])c1C(N)=O. The van der Waals surface area contributed by atoms with Crippen LogP contribution < -0.4 is 25.8 Å². The molecule has 0 bridgehead atoms. The van der Waals surface area contributed by atoms with E-state index < -0.39 is 34.5 Å². The minimum atomic E-state index is -4.73. The average molecular weight is 499 g/mol. The van der Waals surface area contributed by atoms with Gasteiger partial charge in [-0.25, -0.2) is 9.18 Å². The Morgan fingerprint density at radius 1 is 1.12 bits per heavy atom. The van der Waals surface area contributed by atoms with Crippen molar-refractivity contribution in [3.05, 3.63) is 81.5 Å². The molecule has 0 radical (unpaired) electrons. The molecule has 3 rings (SSSR count). The molecule has 8 nitrogen and oxygen atoms in total. The molecular weight excluding hydrogens is 484 g/mol. The van der Waals surface area contributed by atoms with Gasteiger partial charge in [0.05, 0.1) is 21.8 Å². The van der Waals surface area contributed by atoms with Crippen LogP contribution in [-0.2, 0) is 6.18 Å². The third kappa shape index (κ3) is 5.46. The third-order valence-electron chi connectivity index (χ3n) is 4.49. The number of halogens is 5. The van der Waals surface area contributed by atoms with Crippen LogP contribution in [0.1, 0.15) is 21.6 Å². The van der Waals surface area contributed by atoms with E-state index in [0.29, 0.717) is 6.07 Å². The normalized spacial score (nSPS) is 11.1. The maximum absolute atomic E-state index is 14.5. The van der Waals surface area contributed by atoms with Crippen LogP contribution in [0.5, 0.6) is 11.5 Å². The highest BCUT2D eigenvalue weighted by atomic mass is 35.5. The van der Waals surface area contributed by atoms with Gasteiger partial charge >= 0.3 is 18.1 Å². The maximum atomic E-state index is 14.5. The van der Waals surface area contributed by atoms with Crippen molar-refractivity contribution in [2.45, 2.75) is 13.1 Å². The van der Waals surface area contributed by atoms with Crippen LogP contribution in [0.3, 0.4) is 0 Å². The summed E-state index contributed by atoms with van der Waals surface area (Å²) in [5, 5.41) is 15.5. The van der Waals surface area contributed by atoms with Crippen molar-refractivity contribution in [3.8, 4) is 11.5 Å². The van der Waals surface area contributed by atoms with Gasteiger partial charge < -0.3 is 26.3 Å². The van der Waals surface area contributed by atoms with E-state index >= 15 is 0 Å². The number of ether oxygens (including phenoxy) is 1. The van der Waals surface area contributed by atoms with Crippen LogP contribution in [-0.4, -0.2) is 11.9 Å². The zero-order valence-electron chi connectivity index (χ0n) is 17.2. The first-order valence-electron chi connectivity index (χ1n) is 9.31. The van der Waals surface area contributed by atoms with Gasteiger partial charge in [0.25, 0.3) is 5.69 Å². The van der Waals surface area contributed by atoms with Crippen LogP contribution in [0.25, 0.3) is 0 Å². The van der Waals surface area contributed by atoms with Crippen LogP contribution in [0.2, 0.25) is 5.02 Å². The lowest BCUT2D eigenvalue weighted by Crippen LogP contribution is -2.38. The fourth-order valence-corrected chi connectivity index (χ4v) is 3.14. The Morgan fingerprint density at radius 3 is 2.44 bits per heavy atom. The highest BCUT2D eigenvalue weighted by Crippen LogP contribution is 2.36. The summed E-state index contributed by atoms with van der Waals surface area (Å²) in [6.07, 6.45) is -3.73. The number of rotatable bonds is 5. The number of benzene rings is 2. The summed E-state index contributed by atoms with van der Waals surface area (Å²) in [5.41, 5.74) is 3.31. The predicted octanol–water partition coefficient (Wildman–Crippen LogP) is 4.97. The lowest BCUT2D eigenvalue weighted by molar-refractivity contribution is -0.608. The van der Waals surface area contributed by atoms with E-state index in [1.807, 2.05) is 0 Å². The molecular formula is C21H15ClF4N4O4. The summed E-state index contributed by atoms with van der Waals surface area (Å²) in [6.45, 7) is 1.42. The van der Waals surface area contributed by atoms with Crippen molar-refractivity contribution in [1.82, 2.24) is 0 Å². The van der Waals surface area contributed by atoms with Crippen LogP contribution >= 0.6 is 11.6 Å². The molecule has 0 unspecified atom stereocenters. The second-order valence-electron chi connectivity index (χ2n) is 6.86. The molecule has 3 aromatic rings. The van der Waals surface area contributed by atoms with E-state index in [4.69, 9.17) is 22.1 Å². The average Bonchev–Trinajstić information content (AvgIpc) is 2.72. The van der Waals surface area contributed by atoms with E-state index in [9.17, 15) is 32.4 Å². The minimum absolute atomic E-state index is 0.0295. The first-order chi connectivity index (χ1) is 15.9. The molecule has 0 aliphatic heterocycles. The summed E-state index contributed by atoms with van der Waals surface area (Å²) < 4.78 is 59.1. The number of amides is 3. The number of nitrogens with one attached hydrogen (secondary N) is 2. The van der Waals surface area contributed by atoms with Crippen LogP contribution in [0.15, 0.2) is 48.7 Å². The number of hydrogen-bond acceptors (Lipinski definition) is 4. The summed E-state index contributed by atoms with van der Waals surface area (Å²) in [6, 6.07) is 6.36. The summed E-state index contributed by atoms with van der Waals surface area (Å²) in [4.78, 5) is 23.6. The number of urea groups is 1. The monoisotopic (exact) mass is 498 g/mol. The smallest absolute Gasteiger partial charge is 0.417 e. The first-order valence-corrected chi connectivity index (χ1v) is 9.69. The molecule has 0 atom stereocenters. The van der Waals surface area contributed by atoms with Gasteiger partial charge in [0, 0.05) is 17.8 Å². The Morgan fingerprint density at radius 2 is 1.82 bits per heavy atom. The summed E-state index contributed by atoms with van der Waals surface area (Å²) in [5.74, 6) is -1.86. The number of primary amides is 1. The molecule has 34 heavy (non-hydrogen) atoms. The van der Waals surface area contributed by atoms with Gasteiger partial charge in [-0.05, 0) is 37.3 Å². The molecule has 0 spiro atoms. The maximum Gasteiger partial charge on any atom is 0.417 e. The summed E-state index contributed by atoms with van der Waals surface area (Å²) in [7, 11) is 0. The minimum Gasteiger partial charge on any atom is -0.618 e. The molecule has 1 aromatic heterocycles. The Balaban J connectivity index is 1.74. The van der Waals surface area contributed by atoms with E-state index in [2.05, 4.69) is 10.6 Å². The van der Waals surface area contributed by atoms with Crippen molar-refractivity contribution in [2.24, 2.45) is 5.73 Å². The van der Waals surface area contributed by atoms with Gasteiger partial charge in [-0.15, -0.1) is 0 Å². The molecule has 2 aromatic carbocycles. The molecule has 0 saturated carbocycles. The second-order valence-corrected chi connectivity index (χ2v) is 7.27. The zero-order valence-corrected chi connectivity index (χ0v) is 17.9. The van der Waals surface area contributed by atoms with E-state index in [1.165, 1.54) is 19.1 Å². The first kappa shape index (κ1) is 24.6. The van der Waals surface area contributed by atoms with Crippen molar-refractivity contribution in [1.29, 1.82) is 0 Å². The Hall–Kier alpha value is -4.06. The number of aromatic nitrogens is 1. The summed E-state index contributed by atoms with van der Waals surface area (Å²) >= 11 is 5.53. The lowest BCUT2D eigenvalue weighted by Gasteiger charge is -2.13. The van der Waals surface area contributed by atoms with Gasteiger partial charge in [0.2, 0.25) is 0 Å². The standard InChI is InChI=1S/C21H15ClF4N4O4/c1-10-17(6-7-30(33)18(10)19(27)31)34-12-3-5-16(15(23)9-12)29-20(32)28-11-2-4-14(22)13(8-11)21(24,25)26/h2-9H,1H3,(H2,27,31)(H2,28,29,32). The fraction of sp³-hybridized carbons (Fsp3) is 0.0952. The van der Waals surface area contributed by atoms with Gasteiger partial charge in [-0.2, -0.15) is 17.9 Å². The molecule has 13 heteroatoms. The molecule has 0 aliphatic rings. The van der Waals surface area contributed by atoms with E-state index in [1.54, 1.807) is 0 Å². The molecule has 1 heterocycles. The Bertz CT molecular complexity index is 1280. The van der Waals surface area contributed by atoms with E-state index in [-0.39, 0.29) is 38.9 Å². The molecule has 0 saturated heterocycles. The zero-order chi connectivity index (χ0) is 25.2. The Kier molecular flexibility index (Phi) is 6.82. The van der Waals surface area contributed by atoms with E-state index in [0.717, 1.165) is 30.5 Å². The quantitative estimate of drug-likeness (QED) is 0.261. The molecule has 3 amide bonds. The van der Waals surface area contributed by atoms with Crippen molar-refractivity contribution >= 4 is 34.9 Å². The number of hydrogen-bond donors (Lipinski definition) is 3. The van der Waals surface area contributed by atoms with Crippen molar-refractivity contribution in [3.63, 3.8) is 0 Å². The highest BCUT2D eigenvalue weighted by Gasteiger charge is 2.33. The number of carbonyl (C=O) groups is 2. The number of anilines is 2. The predicted molar refractivity (Wildman–Crippen MR) is 114 cm³/mol. The van der Waals surface area contributed by atoms with Crippen LogP contribution in [0, 0.1) is 17.9 Å². The van der Waals surface area contributed by atoms with Crippen LogP contribution in [0.4, 0.5) is 33.7 Å².